The van der Waals surface area contributed by atoms with Crippen molar-refractivity contribution in [3.05, 3.63) is 34.1 Å². The molecule has 0 bridgehead atoms. The zero-order chi connectivity index (χ0) is 11.0. The quantitative estimate of drug-likeness (QED) is 0.850. The first-order valence-electron chi connectivity index (χ1n) is 5.00. The van der Waals surface area contributed by atoms with Gasteiger partial charge in [0, 0.05) is 18.6 Å². The summed E-state index contributed by atoms with van der Waals surface area (Å²) in [5.74, 6) is -0.229. The fourth-order valence-corrected chi connectivity index (χ4v) is 2.57. The molecule has 0 saturated carbocycles. The van der Waals surface area contributed by atoms with Crippen molar-refractivity contribution in [1.29, 1.82) is 0 Å². The van der Waals surface area contributed by atoms with E-state index in [1.807, 2.05) is 12.1 Å². The predicted molar refractivity (Wildman–Crippen MR) is 62.1 cm³/mol. The fourth-order valence-electron chi connectivity index (χ4n) is 2.17. The minimum atomic E-state index is -0.229. The molecule has 2 N–H and O–H groups in total. The van der Waals surface area contributed by atoms with Crippen LogP contribution in [-0.4, -0.2) is 24.5 Å². The molecule has 2 rings (SSSR count). The highest BCUT2D eigenvalue weighted by Crippen LogP contribution is 2.31. The van der Waals surface area contributed by atoms with Crippen LogP contribution >= 0.6 is 15.9 Å². The average Bonchev–Trinajstić information content (AvgIpc) is 2.52. The van der Waals surface area contributed by atoms with Crippen LogP contribution in [0.15, 0.2) is 22.7 Å². The van der Waals surface area contributed by atoms with Crippen LogP contribution < -0.4 is 5.73 Å². The van der Waals surface area contributed by atoms with Gasteiger partial charge in [0.25, 0.3) is 0 Å². The molecular formula is C11H14BrFN2. The number of benzene rings is 1. The summed E-state index contributed by atoms with van der Waals surface area (Å²) in [4.78, 5) is 2.21. The van der Waals surface area contributed by atoms with Crippen LogP contribution in [0.3, 0.4) is 0 Å². The van der Waals surface area contributed by atoms with Crippen LogP contribution in [0.5, 0.6) is 0 Å². The highest BCUT2D eigenvalue weighted by Gasteiger charge is 2.30. The summed E-state index contributed by atoms with van der Waals surface area (Å²) >= 11 is 3.20. The van der Waals surface area contributed by atoms with Crippen molar-refractivity contribution in [2.75, 3.05) is 13.6 Å². The van der Waals surface area contributed by atoms with E-state index in [0.29, 0.717) is 4.47 Å². The van der Waals surface area contributed by atoms with Crippen LogP contribution in [0.2, 0.25) is 0 Å². The largest absolute Gasteiger partial charge is 0.326 e. The minimum absolute atomic E-state index is 0.146. The lowest BCUT2D eigenvalue weighted by Crippen LogP contribution is -2.29. The number of rotatable bonds is 1. The van der Waals surface area contributed by atoms with Gasteiger partial charge >= 0.3 is 0 Å². The third-order valence-electron chi connectivity index (χ3n) is 2.98. The van der Waals surface area contributed by atoms with Gasteiger partial charge in [-0.3, -0.25) is 4.90 Å². The van der Waals surface area contributed by atoms with E-state index in [2.05, 4.69) is 27.9 Å². The maximum absolute atomic E-state index is 13.1. The molecular weight excluding hydrogens is 259 g/mol. The lowest BCUT2D eigenvalue weighted by Gasteiger charge is -2.23. The topological polar surface area (TPSA) is 29.3 Å². The van der Waals surface area contributed by atoms with Crippen molar-refractivity contribution in [2.24, 2.45) is 5.73 Å². The molecule has 1 saturated heterocycles. The molecule has 0 aromatic heterocycles. The van der Waals surface area contributed by atoms with E-state index in [1.165, 1.54) is 6.07 Å². The van der Waals surface area contributed by atoms with E-state index in [1.54, 1.807) is 0 Å². The molecule has 15 heavy (non-hydrogen) atoms. The van der Waals surface area contributed by atoms with Gasteiger partial charge in [0.2, 0.25) is 0 Å². The molecule has 82 valence electrons. The Morgan fingerprint density at radius 2 is 2.27 bits per heavy atom. The average molecular weight is 273 g/mol. The summed E-state index contributed by atoms with van der Waals surface area (Å²) in [6.45, 7) is 1.00. The molecule has 2 unspecified atom stereocenters. The molecule has 1 aromatic carbocycles. The van der Waals surface area contributed by atoms with Gasteiger partial charge in [0.1, 0.15) is 5.82 Å². The van der Waals surface area contributed by atoms with Crippen LogP contribution in [0.25, 0.3) is 0 Å². The molecule has 2 atom stereocenters. The first-order valence-corrected chi connectivity index (χ1v) is 5.79. The second kappa shape index (κ2) is 4.20. The Hall–Kier alpha value is -0.450. The van der Waals surface area contributed by atoms with Gasteiger partial charge < -0.3 is 5.73 Å². The summed E-state index contributed by atoms with van der Waals surface area (Å²) in [6, 6.07) is 5.47. The number of hydrogen-bond donors (Lipinski definition) is 1. The molecule has 1 aromatic rings. The van der Waals surface area contributed by atoms with Gasteiger partial charge in [-0.15, -0.1) is 0 Å². The van der Waals surface area contributed by atoms with Crippen molar-refractivity contribution in [2.45, 2.75) is 18.5 Å². The number of nitrogens with two attached hydrogens (primary N) is 1. The Morgan fingerprint density at radius 3 is 2.80 bits per heavy atom. The molecule has 0 radical (unpaired) electrons. The fraction of sp³-hybridized carbons (Fsp3) is 0.455. The zero-order valence-electron chi connectivity index (χ0n) is 8.58. The minimum Gasteiger partial charge on any atom is -0.326 e. The van der Waals surface area contributed by atoms with Crippen molar-refractivity contribution in [3.8, 4) is 0 Å². The first kappa shape index (κ1) is 11.0. The van der Waals surface area contributed by atoms with E-state index in [4.69, 9.17) is 5.73 Å². The monoisotopic (exact) mass is 272 g/mol. The number of nitrogens with zero attached hydrogens (tertiary/aromatic N) is 1. The zero-order valence-corrected chi connectivity index (χ0v) is 10.2. The molecule has 1 fully saturated rings. The molecule has 1 aliphatic heterocycles. The Balaban J connectivity index is 2.32. The van der Waals surface area contributed by atoms with E-state index >= 15 is 0 Å². The maximum Gasteiger partial charge on any atom is 0.137 e. The van der Waals surface area contributed by atoms with Crippen LogP contribution in [0.1, 0.15) is 18.0 Å². The second-order valence-electron chi connectivity index (χ2n) is 4.05. The number of hydrogen-bond acceptors (Lipinski definition) is 2. The van der Waals surface area contributed by atoms with Crippen LogP contribution in [0, 0.1) is 5.82 Å². The summed E-state index contributed by atoms with van der Waals surface area (Å²) in [5.41, 5.74) is 7.12. The summed E-state index contributed by atoms with van der Waals surface area (Å²) < 4.78 is 13.6. The standard InChI is InChI=1S/C11H14BrFN2/c1-15-5-4-10(14)11(15)7-2-3-9(13)8(12)6-7/h2-3,6,10-11H,4-5,14H2,1H3. The summed E-state index contributed by atoms with van der Waals surface area (Å²) in [6.07, 6.45) is 0.996. The molecule has 0 spiro atoms. The molecule has 0 amide bonds. The van der Waals surface area contributed by atoms with E-state index in [0.717, 1.165) is 18.5 Å². The Labute approximate surface area is 97.4 Å². The lowest BCUT2D eigenvalue weighted by molar-refractivity contribution is 0.304. The predicted octanol–water partition coefficient (Wildman–Crippen LogP) is 2.29. The van der Waals surface area contributed by atoms with Crippen molar-refractivity contribution >= 4 is 15.9 Å². The van der Waals surface area contributed by atoms with Crippen molar-refractivity contribution in [3.63, 3.8) is 0 Å². The molecule has 2 nitrogen and oxygen atoms in total. The van der Waals surface area contributed by atoms with E-state index in [-0.39, 0.29) is 17.9 Å². The number of likely N-dealkylation sites (tertiary alicyclic amines) is 1. The highest BCUT2D eigenvalue weighted by atomic mass is 79.9. The Kier molecular flexibility index (Phi) is 3.09. The number of likely N-dealkylation sites (N-methyl/N-ethyl adjacent to an activating group) is 1. The lowest BCUT2D eigenvalue weighted by atomic mass is 10.0. The number of halogens is 2. The van der Waals surface area contributed by atoms with Gasteiger partial charge in [-0.2, -0.15) is 0 Å². The smallest absolute Gasteiger partial charge is 0.137 e. The van der Waals surface area contributed by atoms with Gasteiger partial charge in [0.15, 0.2) is 0 Å². The molecule has 1 heterocycles. The maximum atomic E-state index is 13.1. The van der Waals surface area contributed by atoms with Crippen LogP contribution in [-0.2, 0) is 0 Å². The second-order valence-corrected chi connectivity index (χ2v) is 4.91. The van der Waals surface area contributed by atoms with E-state index < -0.39 is 0 Å². The van der Waals surface area contributed by atoms with Crippen molar-refractivity contribution < 1.29 is 4.39 Å². The molecule has 1 aliphatic rings. The SMILES string of the molecule is CN1CCC(N)C1c1ccc(F)c(Br)c1. The Bertz CT molecular complexity index is 360. The van der Waals surface area contributed by atoms with Gasteiger partial charge in [-0.1, -0.05) is 6.07 Å². The Morgan fingerprint density at radius 1 is 1.53 bits per heavy atom. The first-order chi connectivity index (χ1) is 7.09. The third kappa shape index (κ3) is 2.07. The van der Waals surface area contributed by atoms with Gasteiger partial charge in [-0.25, -0.2) is 4.39 Å². The van der Waals surface area contributed by atoms with E-state index in [9.17, 15) is 4.39 Å². The normalized spacial score (nSPS) is 27.2. The third-order valence-corrected chi connectivity index (χ3v) is 3.59. The van der Waals surface area contributed by atoms with Crippen molar-refractivity contribution in [1.82, 2.24) is 4.90 Å². The summed E-state index contributed by atoms with van der Waals surface area (Å²) in [7, 11) is 2.05. The van der Waals surface area contributed by atoms with Crippen LogP contribution in [0.4, 0.5) is 4.39 Å². The van der Waals surface area contributed by atoms with Gasteiger partial charge in [-0.05, 0) is 47.1 Å². The highest BCUT2D eigenvalue weighted by molar-refractivity contribution is 9.10. The molecule has 0 aliphatic carbocycles. The van der Waals surface area contributed by atoms with Gasteiger partial charge in [0.05, 0.1) is 4.47 Å². The molecule has 4 heteroatoms. The summed E-state index contributed by atoms with van der Waals surface area (Å²) in [5, 5.41) is 0.